The lowest BCUT2D eigenvalue weighted by molar-refractivity contribution is -0.150. The van der Waals surface area contributed by atoms with Crippen molar-refractivity contribution in [3.05, 3.63) is 57.3 Å². The summed E-state index contributed by atoms with van der Waals surface area (Å²) in [6.07, 6.45) is 0.210. The first-order valence-corrected chi connectivity index (χ1v) is 12.4. The van der Waals surface area contributed by atoms with E-state index < -0.39 is 11.6 Å². The molecule has 1 atom stereocenters. The first kappa shape index (κ1) is 26.0. The van der Waals surface area contributed by atoms with Crippen molar-refractivity contribution in [2.75, 3.05) is 27.2 Å². The number of rotatable bonds is 7. The number of benzene rings is 1. The molecule has 2 aliphatic heterocycles. The van der Waals surface area contributed by atoms with Crippen LogP contribution in [0.4, 0.5) is 0 Å². The van der Waals surface area contributed by atoms with Gasteiger partial charge in [0.15, 0.2) is 5.17 Å². The van der Waals surface area contributed by atoms with Gasteiger partial charge in [-0.05, 0) is 72.2 Å². The summed E-state index contributed by atoms with van der Waals surface area (Å²) in [6, 6.07) is 5.82. The molecule has 7 nitrogen and oxygen atoms in total. The number of amidine groups is 1. The van der Waals surface area contributed by atoms with E-state index in [1.165, 1.54) is 11.8 Å². The highest BCUT2D eigenvalue weighted by Crippen LogP contribution is 2.46. The number of amides is 1. The van der Waals surface area contributed by atoms with Crippen molar-refractivity contribution in [2.24, 2.45) is 4.99 Å². The predicted octanol–water partition coefficient (Wildman–Crippen LogP) is 4.29. The number of carbonyl (C=O) groups excluding carboxylic acids is 2. The van der Waals surface area contributed by atoms with Crippen LogP contribution in [0.1, 0.15) is 56.8 Å². The number of nitrogens with one attached hydrogen (secondary N) is 1. The molecule has 1 aromatic rings. The molecule has 0 saturated heterocycles. The van der Waals surface area contributed by atoms with Crippen LogP contribution < -0.4 is 5.32 Å². The number of hydrogen-bond donors (Lipinski definition) is 1. The number of hydrogen-bond acceptors (Lipinski definition) is 7. The maximum absolute atomic E-state index is 13.4. The van der Waals surface area contributed by atoms with Gasteiger partial charge in [0, 0.05) is 18.8 Å². The van der Waals surface area contributed by atoms with Gasteiger partial charge in [0.05, 0.1) is 23.7 Å². The molecule has 8 heteroatoms. The molecule has 1 unspecified atom stereocenters. The van der Waals surface area contributed by atoms with Gasteiger partial charge in [-0.25, -0.2) is 9.79 Å². The first-order chi connectivity index (χ1) is 15.9. The zero-order valence-corrected chi connectivity index (χ0v) is 22.3. The fourth-order valence-corrected chi connectivity index (χ4v) is 4.92. The molecule has 0 radical (unpaired) electrons. The number of aliphatic imine (C=N–C) groups is 1. The van der Waals surface area contributed by atoms with Gasteiger partial charge >= 0.3 is 5.97 Å². The quantitative estimate of drug-likeness (QED) is 0.582. The van der Waals surface area contributed by atoms with E-state index in [1.54, 1.807) is 0 Å². The minimum Gasteiger partial charge on any atom is -0.456 e. The highest BCUT2D eigenvalue weighted by Gasteiger charge is 2.42. The molecule has 0 saturated carbocycles. The van der Waals surface area contributed by atoms with E-state index in [-0.39, 0.29) is 18.3 Å². The van der Waals surface area contributed by atoms with Gasteiger partial charge in [-0.2, -0.15) is 0 Å². The SMILES string of the molecule is CC1=C(C(=O)OC(C)(C)C)C(c2cc(C)ccc2C)N2C(CC(=O)NCCN(C)C)=CSC2=N1. The van der Waals surface area contributed by atoms with Gasteiger partial charge in [0.1, 0.15) is 5.60 Å². The van der Waals surface area contributed by atoms with Crippen LogP contribution in [0.2, 0.25) is 0 Å². The number of carbonyl (C=O) groups is 2. The summed E-state index contributed by atoms with van der Waals surface area (Å²) in [5, 5.41) is 5.72. The Labute approximate surface area is 207 Å². The first-order valence-electron chi connectivity index (χ1n) is 11.5. The Balaban J connectivity index is 2.00. The molecule has 0 aliphatic carbocycles. The lowest BCUT2D eigenvalue weighted by Gasteiger charge is -2.37. The van der Waals surface area contributed by atoms with Gasteiger partial charge in [-0.1, -0.05) is 35.5 Å². The zero-order valence-electron chi connectivity index (χ0n) is 21.5. The van der Waals surface area contributed by atoms with Gasteiger partial charge in [-0.15, -0.1) is 0 Å². The molecule has 0 aromatic heterocycles. The summed E-state index contributed by atoms with van der Waals surface area (Å²) >= 11 is 1.48. The molecule has 2 aliphatic rings. The molecule has 1 N–H and O–H groups in total. The minimum absolute atomic E-state index is 0.0558. The number of fused-ring (bicyclic) bond motifs is 1. The Morgan fingerprint density at radius 3 is 2.56 bits per heavy atom. The largest absolute Gasteiger partial charge is 0.456 e. The van der Waals surface area contributed by atoms with Crippen molar-refractivity contribution < 1.29 is 14.3 Å². The molecule has 3 rings (SSSR count). The fraction of sp³-hybridized carbons (Fsp3) is 0.500. The second kappa shape index (κ2) is 10.4. The van der Waals surface area contributed by atoms with Crippen LogP contribution in [-0.2, 0) is 14.3 Å². The van der Waals surface area contributed by atoms with Crippen molar-refractivity contribution in [1.82, 2.24) is 15.1 Å². The molecule has 34 heavy (non-hydrogen) atoms. The lowest BCUT2D eigenvalue weighted by Crippen LogP contribution is -2.40. The van der Waals surface area contributed by atoms with E-state index >= 15 is 0 Å². The third-order valence-corrected chi connectivity index (χ3v) is 6.46. The van der Waals surface area contributed by atoms with Crippen molar-refractivity contribution in [3.63, 3.8) is 0 Å². The highest BCUT2D eigenvalue weighted by atomic mass is 32.2. The third-order valence-electron chi connectivity index (χ3n) is 5.57. The van der Waals surface area contributed by atoms with E-state index in [1.807, 2.05) is 70.8 Å². The van der Waals surface area contributed by atoms with Gasteiger partial charge < -0.3 is 19.9 Å². The van der Waals surface area contributed by atoms with Crippen molar-refractivity contribution >= 4 is 28.8 Å². The Morgan fingerprint density at radius 1 is 1.21 bits per heavy atom. The summed E-state index contributed by atoms with van der Waals surface area (Å²) in [5.41, 5.74) is 4.52. The Kier molecular flexibility index (Phi) is 7.93. The second-order valence-electron chi connectivity index (χ2n) is 10.1. The fourth-order valence-electron chi connectivity index (χ4n) is 3.96. The van der Waals surface area contributed by atoms with Gasteiger partial charge in [0.2, 0.25) is 5.91 Å². The summed E-state index contributed by atoms with van der Waals surface area (Å²) < 4.78 is 5.81. The Bertz CT molecular complexity index is 1070. The highest BCUT2D eigenvalue weighted by molar-refractivity contribution is 8.16. The third kappa shape index (κ3) is 6.10. The number of thioether (sulfide) groups is 1. The van der Waals surface area contributed by atoms with Crippen molar-refractivity contribution in [3.8, 4) is 0 Å². The molecule has 1 amide bonds. The second-order valence-corrected chi connectivity index (χ2v) is 10.9. The van der Waals surface area contributed by atoms with Gasteiger partial charge in [0.25, 0.3) is 0 Å². The van der Waals surface area contributed by atoms with Crippen LogP contribution in [-0.4, -0.2) is 59.6 Å². The monoisotopic (exact) mass is 484 g/mol. The Hall–Kier alpha value is -2.58. The van der Waals surface area contributed by atoms with E-state index in [4.69, 9.17) is 9.73 Å². The van der Waals surface area contributed by atoms with Crippen molar-refractivity contribution in [2.45, 2.75) is 59.6 Å². The average molecular weight is 485 g/mol. The van der Waals surface area contributed by atoms with Crippen LogP contribution in [0.5, 0.6) is 0 Å². The zero-order chi connectivity index (χ0) is 25.2. The maximum atomic E-state index is 13.4. The normalized spacial score (nSPS) is 18.0. The summed E-state index contributed by atoms with van der Waals surface area (Å²) in [6.45, 7) is 12.9. The van der Waals surface area contributed by atoms with E-state index in [0.29, 0.717) is 17.8 Å². The van der Waals surface area contributed by atoms with Crippen LogP contribution in [0.25, 0.3) is 0 Å². The number of likely N-dealkylation sites (N-methyl/N-ethyl adjacent to an activating group) is 1. The van der Waals surface area contributed by atoms with Crippen molar-refractivity contribution in [1.29, 1.82) is 0 Å². The van der Waals surface area contributed by atoms with Crippen LogP contribution in [0.3, 0.4) is 0 Å². The maximum Gasteiger partial charge on any atom is 0.338 e. The lowest BCUT2D eigenvalue weighted by atomic mass is 9.89. The minimum atomic E-state index is -0.634. The number of esters is 1. The molecule has 2 heterocycles. The van der Waals surface area contributed by atoms with E-state index in [0.717, 1.165) is 34.1 Å². The van der Waals surface area contributed by atoms with E-state index in [9.17, 15) is 9.59 Å². The molecular formula is C26H36N4O3S. The number of nitrogens with zero attached hydrogens (tertiary/aromatic N) is 3. The smallest absolute Gasteiger partial charge is 0.338 e. The average Bonchev–Trinajstić information content (AvgIpc) is 3.09. The number of ether oxygens (including phenoxy) is 1. The molecule has 0 bridgehead atoms. The number of allylic oxidation sites excluding steroid dienone is 1. The molecule has 0 fully saturated rings. The summed E-state index contributed by atoms with van der Waals surface area (Å²) in [5.74, 6) is -0.440. The predicted molar refractivity (Wildman–Crippen MR) is 138 cm³/mol. The molecule has 1 aromatic carbocycles. The van der Waals surface area contributed by atoms with E-state index in [2.05, 4.69) is 23.5 Å². The van der Waals surface area contributed by atoms with Crippen LogP contribution in [0, 0.1) is 13.8 Å². The van der Waals surface area contributed by atoms with Crippen LogP contribution >= 0.6 is 11.8 Å². The summed E-state index contributed by atoms with van der Waals surface area (Å²) in [7, 11) is 3.95. The van der Waals surface area contributed by atoms with Gasteiger partial charge in [-0.3, -0.25) is 4.79 Å². The Morgan fingerprint density at radius 2 is 1.91 bits per heavy atom. The van der Waals surface area contributed by atoms with Crippen LogP contribution in [0.15, 0.2) is 45.6 Å². The standard InChI is InChI=1S/C26H36N4O3S/c1-16-9-10-17(2)20(13-16)23-22(24(32)33-26(4,5)6)18(3)28-25-30(23)19(15-34-25)14-21(31)27-11-12-29(7)8/h9-10,13,15,23H,11-12,14H2,1-8H3,(H,27,31). The molecule has 0 spiro atoms. The molecule has 184 valence electrons. The number of aryl methyl sites for hydroxylation is 2. The molecular weight excluding hydrogens is 448 g/mol. The topological polar surface area (TPSA) is 74.2 Å². The summed E-state index contributed by atoms with van der Waals surface area (Å²) in [4.78, 5) is 35.0.